The van der Waals surface area contributed by atoms with Crippen molar-refractivity contribution in [1.29, 1.82) is 0 Å². The molecule has 1 aliphatic heterocycles. The van der Waals surface area contributed by atoms with Crippen LogP contribution in [0.3, 0.4) is 0 Å². The van der Waals surface area contributed by atoms with Crippen LogP contribution in [0.2, 0.25) is 0 Å². The molecule has 29 heavy (non-hydrogen) atoms. The maximum atomic E-state index is 9.98. The fourth-order valence-corrected chi connectivity index (χ4v) is 4.70. The molecule has 0 radical (unpaired) electrons. The van der Waals surface area contributed by atoms with Crippen molar-refractivity contribution in [3.8, 4) is 22.8 Å². The molecule has 0 atom stereocenters. The summed E-state index contributed by atoms with van der Waals surface area (Å²) in [7, 11) is 0. The second kappa shape index (κ2) is 8.91. The monoisotopic (exact) mass is 392 g/mol. The van der Waals surface area contributed by atoms with E-state index >= 15 is 0 Å². The van der Waals surface area contributed by atoms with Gasteiger partial charge in [0.25, 0.3) is 0 Å². The standard InChI is InChI=1S/C25H32N2O2/c1-19-23-18-22(29)12-13-24(23)27(25(19)20-8-10-21(28)11-9-20)17-5-3-2-4-14-26-15-6-7-16-26/h8-13,18,28-29H,2-7,14-17H2,1H3. The van der Waals surface area contributed by atoms with E-state index in [-0.39, 0.29) is 5.75 Å². The number of aromatic nitrogens is 1. The van der Waals surface area contributed by atoms with Crippen LogP contribution in [0, 0.1) is 6.92 Å². The van der Waals surface area contributed by atoms with E-state index in [9.17, 15) is 10.2 Å². The summed E-state index contributed by atoms with van der Waals surface area (Å²) >= 11 is 0. The first-order chi connectivity index (χ1) is 14.1. The van der Waals surface area contributed by atoms with Crippen molar-refractivity contribution in [2.24, 2.45) is 0 Å². The van der Waals surface area contributed by atoms with E-state index < -0.39 is 0 Å². The molecule has 1 aromatic heterocycles. The average Bonchev–Trinajstić information content (AvgIpc) is 3.32. The molecule has 1 fully saturated rings. The molecular weight excluding hydrogens is 360 g/mol. The molecule has 0 unspecified atom stereocenters. The first-order valence-corrected chi connectivity index (χ1v) is 11.0. The molecule has 0 saturated carbocycles. The summed E-state index contributed by atoms with van der Waals surface area (Å²) in [6.07, 6.45) is 7.70. The lowest BCUT2D eigenvalue weighted by Crippen LogP contribution is -2.20. The minimum Gasteiger partial charge on any atom is -0.508 e. The zero-order valence-electron chi connectivity index (χ0n) is 17.4. The minimum atomic E-state index is 0.282. The van der Waals surface area contributed by atoms with Gasteiger partial charge in [-0.1, -0.05) is 12.8 Å². The van der Waals surface area contributed by atoms with Gasteiger partial charge in [-0.15, -0.1) is 0 Å². The van der Waals surface area contributed by atoms with Crippen LogP contribution in [0.1, 0.15) is 44.1 Å². The molecule has 3 aromatic rings. The van der Waals surface area contributed by atoms with Crippen LogP contribution in [0.25, 0.3) is 22.2 Å². The van der Waals surface area contributed by atoms with Crippen LogP contribution in [-0.2, 0) is 6.54 Å². The molecule has 0 spiro atoms. The number of phenols is 2. The molecule has 0 amide bonds. The van der Waals surface area contributed by atoms with Crippen molar-refractivity contribution < 1.29 is 10.2 Å². The first-order valence-electron chi connectivity index (χ1n) is 11.0. The van der Waals surface area contributed by atoms with Gasteiger partial charge in [-0.25, -0.2) is 0 Å². The fraction of sp³-hybridized carbons (Fsp3) is 0.440. The Morgan fingerprint density at radius 3 is 2.17 bits per heavy atom. The Kier molecular flexibility index (Phi) is 6.10. The van der Waals surface area contributed by atoms with Crippen LogP contribution in [0.15, 0.2) is 42.5 Å². The first kappa shape index (κ1) is 19.8. The molecule has 1 aliphatic rings. The van der Waals surface area contributed by atoms with Gasteiger partial charge in [-0.2, -0.15) is 0 Å². The number of unbranched alkanes of at least 4 members (excludes halogenated alkanes) is 3. The molecular formula is C25H32N2O2. The number of nitrogens with zero attached hydrogens (tertiary/aromatic N) is 2. The lowest BCUT2D eigenvalue weighted by molar-refractivity contribution is 0.327. The Bertz CT molecular complexity index is 953. The number of hydrogen-bond donors (Lipinski definition) is 2. The molecule has 1 saturated heterocycles. The molecule has 2 heterocycles. The molecule has 2 aromatic carbocycles. The quantitative estimate of drug-likeness (QED) is 0.485. The van der Waals surface area contributed by atoms with Gasteiger partial charge in [0, 0.05) is 17.4 Å². The summed E-state index contributed by atoms with van der Waals surface area (Å²) in [5, 5.41) is 20.8. The van der Waals surface area contributed by atoms with E-state index in [1.807, 2.05) is 24.3 Å². The van der Waals surface area contributed by atoms with Crippen molar-refractivity contribution in [3.63, 3.8) is 0 Å². The number of benzene rings is 2. The van der Waals surface area contributed by atoms with E-state index in [4.69, 9.17) is 0 Å². The minimum absolute atomic E-state index is 0.282. The van der Waals surface area contributed by atoms with Crippen molar-refractivity contribution in [1.82, 2.24) is 9.47 Å². The van der Waals surface area contributed by atoms with Gasteiger partial charge in [0.2, 0.25) is 0 Å². The number of hydrogen-bond acceptors (Lipinski definition) is 3. The number of aromatic hydroxyl groups is 2. The van der Waals surface area contributed by atoms with E-state index in [1.54, 1.807) is 18.2 Å². The Balaban J connectivity index is 1.49. The van der Waals surface area contributed by atoms with E-state index in [2.05, 4.69) is 16.4 Å². The van der Waals surface area contributed by atoms with Gasteiger partial charge in [0.1, 0.15) is 11.5 Å². The highest BCUT2D eigenvalue weighted by Gasteiger charge is 2.16. The SMILES string of the molecule is Cc1c(-c2ccc(O)cc2)n(CCCCCCN2CCCC2)c2ccc(O)cc12. The lowest BCUT2D eigenvalue weighted by Gasteiger charge is -2.14. The molecule has 4 rings (SSSR count). The summed E-state index contributed by atoms with van der Waals surface area (Å²) in [6.45, 7) is 6.92. The summed E-state index contributed by atoms with van der Waals surface area (Å²) in [6, 6.07) is 13.1. The van der Waals surface area contributed by atoms with Crippen LogP contribution < -0.4 is 0 Å². The summed E-state index contributed by atoms with van der Waals surface area (Å²) in [4.78, 5) is 2.60. The van der Waals surface area contributed by atoms with E-state index in [1.165, 1.54) is 68.5 Å². The van der Waals surface area contributed by atoms with Gasteiger partial charge in [-0.05, 0) is 106 Å². The predicted octanol–water partition coefficient (Wildman–Crippen LogP) is 5.68. The highest BCUT2D eigenvalue weighted by Crippen LogP contribution is 2.36. The summed E-state index contributed by atoms with van der Waals surface area (Å²) < 4.78 is 2.39. The molecule has 2 N–H and O–H groups in total. The normalized spacial score (nSPS) is 14.8. The largest absolute Gasteiger partial charge is 0.508 e. The van der Waals surface area contributed by atoms with Gasteiger partial charge in [-0.3, -0.25) is 0 Å². The number of fused-ring (bicyclic) bond motifs is 1. The van der Waals surface area contributed by atoms with Gasteiger partial charge >= 0.3 is 0 Å². The van der Waals surface area contributed by atoms with Crippen LogP contribution in [-0.4, -0.2) is 39.3 Å². The van der Waals surface area contributed by atoms with E-state index in [0.717, 1.165) is 23.9 Å². The zero-order valence-corrected chi connectivity index (χ0v) is 17.4. The highest BCUT2D eigenvalue weighted by atomic mass is 16.3. The number of aryl methyl sites for hydroxylation is 2. The second-order valence-corrected chi connectivity index (χ2v) is 8.34. The Labute approximate surface area is 173 Å². The third-order valence-electron chi connectivity index (χ3n) is 6.25. The highest BCUT2D eigenvalue weighted by molar-refractivity contribution is 5.92. The van der Waals surface area contributed by atoms with Crippen LogP contribution in [0.4, 0.5) is 0 Å². The molecule has 0 bridgehead atoms. The number of phenolic OH excluding ortho intramolecular Hbond substituents is 2. The summed E-state index contributed by atoms with van der Waals surface area (Å²) in [5.74, 6) is 0.585. The van der Waals surface area contributed by atoms with Crippen molar-refractivity contribution in [2.75, 3.05) is 19.6 Å². The molecule has 154 valence electrons. The van der Waals surface area contributed by atoms with Gasteiger partial charge < -0.3 is 19.7 Å². The third kappa shape index (κ3) is 4.43. The lowest BCUT2D eigenvalue weighted by atomic mass is 10.1. The molecule has 4 heteroatoms. The Morgan fingerprint density at radius 1 is 0.793 bits per heavy atom. The van der Waals surface area contributed by atoms with Crippen molar-refractivity contribution >= 4 is 10.9 Å². The van der Waals surface area contributed by atoms with Crippen LogP contribution in [0.5, 0.6) is 11.5 Å². The maximum Gasteiger partial charge on any atom is 0.116 e. The average molecular weight is 393 g/mol. The van der Waals surface area contributed by atoms with Crippen molar-refractivity contribution in [2.45, 2.75) is 52.0 Å². The Hall–Kier alpha value is -2.46. The zero-order chi connectivity index (χ0) is 20.2. The fourth-order valence-electron chi connectivity index (χ4n) is 4.70. The topological polar surface area (TPSA) is 48.6 Å². The Morgan fingerprint density at radius 2 is 1.45 bits per heavy atom. The number of rotatable bonds is 8. The van der Waals surface area contributed by atoms with Gasteiger partial charge in [0.15, 0.2) is 0 Å². The third-order valence-corrected chi connectivity index (χ3v) is 6.25. The van der Waals surface area contributed by atoms with Gasteiger partial charge in [0.05, 0.1) is 5.69 Å². The predicted molar refractivity (Wildman–Crippen MR) is 120 cm³/mol. The summed E-state index contributed by atoms with van der Waals surface area (Å²) in [5.41, 5.74) is 4.63. The number of likely N-dealkylation sites (tertiary alicyclic amines) is 1. The smallest absolute Gasteiger partial charge is 0.116 e. The molecule has 4 nitrogen and oxygen atoms in total. The maximum absolute atomic E-state index is 9.98. The van der Waals surface area contributed by atoms with Crippen molar-refractivity contribution in [3.05, 3.63) is 48.0 Å². The van der Waals surface area contributed by atoms with E-state index in [0.29, 0.717) is 5.75 Å². The van der Waals surface area contributed by atoms with Crippen LogP contribution >= 0.6 is 0 Å². The second-order valence-electron chi connectivity index (χ2n) is 8.34. The molecule has 0 aliphatic carbocycles.